The number of rotatable bonds is 38. The first-order valence-electron chi connectivity index (χ1n) is 23.0. The number of aliphatic hydroxyl groups is 5. The molecule has 8 unspecified atom stereocenters. The van der Waals surface area contributed by atoms with Crippen molar-refractivity contribution in [1.29, 1.82) is 0 Å². The average Bonchev–Trinajstić information content (AvgIpc) is 3.20. The maximum atomic E-state index is 13.1. The van der Waals surface area contributed by atoms with Gasteiger partial charge in [-0.3, -0.25) is 9.35 Å². The van der Waals surface area contributed by atoms with Crippen molar-refractivity contribution < 1.29 is 57.0 Å². The van der Waals surface area contributed by atoms with Gasteiger partial charge < -0.3 is 40.3 Å². The predicted molar refractivity (Wildman–Crippen MR) is 233 cm³/mol. The van der Waals surface area contributed by atoms with E-state index in [4.69, 9.17) is 14.0 Å². The summed E-state index contributed by atoms with van der Waals surface area (Å²) < 4.78 is 47.4. The number of amides is 1. The molecular formula is C45H83NO12S. The molecule has 7 N–H and O–H groups in total. The van der Waals surface area contributed by atoms with E-state index in [1.165, 1.54) is 89.5 Å². The number of carbonyl (C=O) groups excluding carboxylic acids is 1. The van der Waals surface area contributed by atoms with Gasteiger partial charge in [-0.1, -0.05) is 159 Å². The van der Waals surface area contributed by atoms with Crippen molar-refractivity contribution in [3.8, 4) is 0 Å². The maximum absolute atomic E-state index is 13.1. The van der Waals surface area contributed by atoms with Crippen LogP contribution in [-0.4, -0.2) is 107 Å². The molecule has 14 heteroatoms. The first-order valence-corrected chi connectivity index (χ1v) is 24.3. The second-order valence-electron chi connectivity index (χ2n) is 16.1. The van der Waals surface area contributed by atoms with Gasteiger partial charge in [-0.15, -0.1) is 0 Å². The zero-order valence-electron chi connectivity index (χ0n) is 36.4. The molecule has 0 saturated carbocycles. The quantitative estimate of drug-likeness (QED) is 0.0181. The van der Waals surface area contributed by atoms with E-state index in [0.717, 1.165) is 64.2 Å². The van der Waals surface area contributed by atoms with Crippen LogP contribution in [0.25, 0.3) is 0 Å². The summed E-state index contributed by atoms with van der Waals surface area (Å²) in [6.07, 6.45) is 29.5. The van der Waals surface area contributed by atoms with E-state index in [1.54, 1.807) is 6.08 Å². The number of allylic oxidation sites excluding steroid dienone is 5. The number of ether oxygens (including phenoxy) is 2. The second kappa shape index (κ2) is 35.8. The predicted octanol–water partition coefficient (Wildman–Crippen LogP) is 7.69. The summed E-state index contributed by atoms with van der Waals surface area (Å²) in [4.78, 5) is 13.1. The van der Waals surface area contributed by atoms with E-state index >= 15 is 0 Å². The van der Waals surface area contributed by atoms with Gasteiger partial charge in [0.15, 0.2) is 6.29 Å². The van der Waals surface area contributed by atoms with Crippen LogP contribution >= 0.6 is 0 Å². The molecule has 0 radical (unpaired) electrons. The van der Waals surface area contributed by atoms with Crippen LogP contribution in [0.1, 0.15) is 181 Å². The van der Waals surface area contributed by atoms with Crippen LogP contribution in [-0.2, 0) is 28.9 Å². The van der Waals surface area contributed by atoms with Crippen molar-refractivity contribution in [3.05, 3.63) is 36.5 Å². The molecule has 0 bridgehead atoms. The standard InChI is InChI=1S/C45H83NO12S/c1-3-5-7-9-11-13-15-17-18-19-20-21-22-24-26-28-30-32-34-39(49)44(52)46-37(38(48)33-31-29-27-25-23-16-14-12-10-8-6-4-2)36-56-45-42(51)43(58-59(53,54)55)41(50)40(35-47)57-45/h19-20,23,25,31,33,37-43,45,47-51H,3-18,21-22,24,26-30,32,34-36H2,1-2H3,(H,46,52)(H,53,54,55)/b20-19-,25-23+,33-31+. The van der Waals surface area contributed by atoms with Gasteiger partial charge in [-0.25, -0.2) is 4.18 Å². The molecule has 0 aromatic heterocycles. The van der Waals surface area contributed by atoms with Crippen molar-refractivity contribution in [2.45, 2.75) is 230 Å². The van der Waals surface area contributed by atoms with E-state index in [9.17, 15) is 38.7 Å². The summed E-state index contributed by atoms with van der Waals surface area (Å²) in [7, 11) is -5.12. The molecule has 8 atom stereocenters. The molecule has 1 rings (SSSR count). The van der Waals surface area contributed by atoms with Crippen LogP contribution in [0, 0.1) is 0 Å². The van der Waals surface area contributed by atoms with Gasteiger partial charge in [-0.2, -0.15) is 8.42 Å². The molecule has 0 aromatic carbocycles. The third kappa shape index (κ3) is 28.5. The summed E-state index contributed by atoms with van der Waals surface area (Å²) in [5, 5.41) is 55.1. The van der Waals surface area contributed by atoms with Gasteiger partial charge in [-0.05, 0) is 57.8 Å². The van der Waals surface area contributed by atoms with E-state index in [2.05, 4.69) is 47.7 Å². The molecule has 1 aliphatic heterocycles. The summed E-state index contributed by atoms with van der Waals surface area (Å²) in [6.45, 7) is 3.17. The second-order valence-corrected chi connectivity index (χ2v) is 17.2. The van der Waals surface area contributed by atoms with Crippen LogP contribution in [0.4, 0.5) is 0 Å². The van der Waals surface area contributed by atoms with Gasteiger partial charge in [0.05, 0.1) is 25.4 Å². The first kappa shape index (κ1) is 55.3. The molecule has 1 fully saturated rings. The Kier molecular flexibility index (Phi) is 33.6. The Hall–Kier alpha value is -1.72. The Morgan fingerprint density at radius 1 is 0.678 bits per heavy atom. The number of hydrogen-bond donors (Lipinski definition) is 7. The Bertz CT molecular complexity index is 1220. The number of carbonyl (C=O) groups is 1. The highest BCUT2D eigenvalue weighted by molar-refractivity contribution is 7.80. The van der Waals surface area contributed by atoms with Crippen LogP contribution in [0.3, 0.4) is 0 Å². The Labute approximate surface area is 357 Å². The molecule has 346 valence electrons. The lowest BCUT2D eigenvalue weighted by Crippen LogP contribution is -2.61. The fraction of sp³-hybridized carbons (Fsp3) is 0.844. The monoisotopic (exact) mass is 862 g/mol. The smallest absolute Gasteiger partial charge is 0.394 e. The molecule has 0 aromatic rings. The highest BCUT2D eigenvalue weighted by atomic mass is 32.3. The summed E-state index contributed by atoms with van der Waals surface area (Å²) >= 11 is 0. The number of unbranched alkanes of at least 4 members (excludes halogenated alkanes) is 21. The van der Waals surface area contributed by atoms with Crippen molar-refractivity contribution >= 4 is 16.3 Å². The zero-order valence-corrected chi connectivity index (χ0v) is 37.2. The lowest BCUT2D eigenvalue weighted by Gasteiger charge is -2.41. The van der Waals surface area contributed by atoms with Crippen LogP contribution in [0.2, 0.25) is 0 Å². The molecule has 0 aliphatic carbocycles. The molecule has 59 heavy (non-hydrogen) atoms. The molecule has 0 spiro atoms. The fourth-order valence-electron chi connectivity index (χ4n) is 7.06. The molecule has 1 amide bonds. The number of aliphatic hydroxyl groups excluding tert-OH is 5. The summed E-state index contributed by atoms with van der Waals surface area (Å²) in [5.74, 6) is -0.719. The third-order valence-electron chi connectivity index (χ3n) is 10.8. The Morgan fingerprint density at radius 3 is 1.63 bits per heavy atom. The summed E-state index contributed by atoms with van der Waals surface area (Å²) in [6, 6.07) is -1.14. The number of hydrogen-bond acceptors (Lipinski definition) is 11. The van der Waals surface area contributed by atoms with Crippen molar-refractivity contribution in [2.75, 3.05) is 13.2 Å². The van der Waals surface area contributed by atoms with E-state index in [0.29, 0.717) is 12.8 Å². The van der Waals surface area contributed by atoms with Crippen LogP contribution < -0.4 is 5.32 Å². The van der Waals surface area contributed by atoms with E-state index < -0.39 is 78.5 Å². The molecule has 13 nitrogen and oxygen atoms in total. The van der Waals surface area contributed by atoms with Crippen molar-refractivity contribution in [2.24, 2.45) is 0 Å². The van der Waals surface area contributed by atoms with Gasteiger partial charge in [0.1, 0.15) is 30.5 Å². The maximum Gasteiger partial charge on any atom is 0.397 e. The SMILES string of the molecule is CCCCCCCC/C=C/CC/C=C/C(O)C(COC1OC(CO)C(O)C(OS(=O)(=O)O)C1O)NC(=O)C(O)CCCCCCCC/C=C\CCCCCCCCCC. The minimum Gasteiger partial charge on any atom is -0.394 e. The van der Waals surface area contributed by atoms with Gasteiger partial charge in [0, 0.05) is 0 Å². The van der Waals surface area contributed by atoms with E-state index in [-0.39, 0.29) is 6.42 Å². The molecular weight excluding hydrogens is 779 g/mol. The highest BCUT2D eigenvalue weighted by Gasteiger charge is 2.48. The molecule has 1 heterocycles. The lowest BCUT2D eigenvalue weighted by molar-refractivity contribution is -0.298. The minimum absolute atomic E-state index is 0.229. The topological polar surface area (TPSA) is 212 Å². The largest absolute Gasteiger partial charge is 0.397 e. The van der Waals surface area contributed by atoms with E-state index in [1.807, 2.05) is 0 Å². The highest BCUT2D eigenvalue weighted by Crippen LogP contribution is 2.26. The van der Waals surface area contributed by atoms with Gasteiger partial charge >= 0.3 is 10.4 Å². The Balaban J connectivity index is 2.59. The van der Waals surface area contributed by atoms with Crippen LogP contribution in [0.5, 0.6) is 0 Å². The Morgan fingerprint density at radius 2 is 1.14 bits per heavy atom. The fourth-order valence-corrected chi connectivity index (χ4v) is 7.57. The zero-order chi connectivity index (χ0) is 43.6. The normalized spacial score (nSPS) is 21.8. The minimum atomic E-state index is -5.12. The average molecular weight is 862 g/mol. The van der Waals surface area contributed by atoms with Crippen LogP contribution in [0.15, 0.2) is 36.5 Å². The molecule has 1 saturated heterocycles. The summed E-state index contributed by atoms with van der Waals surface area (Å²) in [5.41, 5.74) is 0. The lowest BCUT2D eigenvalue weighted by atomic mass is 9.99. The number of nitrogens with one attached hydrogen (secondary N) is 1. The van der Waals surface area contributed by atoms with Crippen molar-refractivity contribution in [1.82, 2.24) is 5.32 Å². The third-order valence-corrected chi connectivity index (χ3v) is 11.2. The van der Waals surface area contributed by atoms with Gasteiger partial charge in [0.25, 0.3) is 0 Å². The van der Waals surface area contributed by atoms with Gasteiger partial charge in [0.2, 0.25) is 5.91 Å². The molecule has 1 aliphatic rings. The van der Waals surface area contributed by atoms with Crippen molar-refractivity contribution in [3.63, 3.8) is 0 Å². The first-order chi connectivity index (χ1) is 28.4.